The van der Waals surface area contributed by atoms with Crippen LogP contribution in [-0.4, -0.2) is 29.8 Å². The Morgan fingerprint density at radius 3 is 2.50 bits per heavy atom. The van der Waals surface area contributed by atoms with Crippen molar-refractivity contribution in [2.75, 3.05) is 13.1 Å². The molecule has 1 aromatic carbocycles. The highest BCUT2D eigenvalue weighted by Gasteiger charge is 2.36. The minimum atomic E-state index is -0.317. The molecule has 1 fully saturated rings. The maximum atomic E-state index is 12.4. The number of hydrogen-bond acceptors (Lipinski definition) is 2. The third-order valence-corrected chi connectivity index (χ3v) is 3.64. The Balaban J connectivity index is 2.17. The Bertz CT molecular complexity index is 484. The van der Waals surface area contributed by atoms with E-state index < -0.39 is 0 Å². The van der Waals surface area contributed by atoms with E-state index in [4.69, 9.17) is 5.73 Å². The molecule has 0 aromatic heterocycles. The summed E-state index contributed by atoms with van der Waals surface area (Å²) in [5.74, 6) is -0.417. The first-order valence-electron chi connectivity index (χ1n) is 6.15. The van der Waals surface area contributed by atoms with Gasteiger partial charge in [-0.1, -0.05) is 25.1 Å². The van der Waals surface area contributed by atoms with Crippen LogP contribution in [0.1, 0.15) is 22.8 Å². The molecule has 2 atom stereocenters. The number of nitrogens with two attached hydrogens (primary N) is 1. The van der Waals surface area contributed by atoms with Crippen LogP contribution in [0.3, 0.4) is 0 Å². The van der Waals surface area contributed by atoms with Crippen LogP contribution in [-0.2, 0) is 4.79 Å². The van der Waals surface area contributed by atoms with Gasteiger partial charge >= 0.3 is 0 Å². The van der Waals surface area contributed by atoms with Gasteiger partial charge in [0.05, 0.1) is 5.92 Å². The summed E-state index contributed by atoms with van der Waals surface area (Å²) in [6.45, 7) is 4.91. The van der Waals surface area contributed by atoms with Gasteiger partial charge in [-0.2, -0.15) is 0 Å². The maximum absolute atomic E-state index is 12.4. The normalized spacial score (nSPS) is 23.1. The lowest BCUT2D eigenvalue weighted by Gasteiger charge is -2.17. The predicted octanol–water partition coefficient (Wildman–Crippen LogP) is 1.19. The van der Waals surface area contributed by atoms with Crippen molar-refractivity contribution in [3.8, 4) is 0 Å². The van der Waals surface area contributed by atoms with Gasteiger partial charge in [0, 0.05) is 18.7 Å². The topological polar surface area (TPSA) is 63.4 Å². The summed E-state index contributed by atoms with van der Waals surface area (Å²) in [5.41, 5.74) is 7.00. The molecule has 0 radical (unpaired) electrons. The second-order valence-corrected chi connectivity index (χ2v) is 5.01. The third-order valence-electron chi connectivity index (χ3n) is 3.64. The molecule has 1 aliphatic heterocycles. The van der Waals surface area contributed by atoms with E-state index in [1.54, 1.807) is 4.90 Å². The molecule has 1 saturated heterocycles. The lowest BCUT2D eigenvalue weighted by Crippen LogP contribution is -2.32. The fraction of sp³-hybridized carbons (Fsp3) is 0.429. The molecular formula is C14H18N2O2. The fourth-order valence-electron chi connectivity index (χ4n) is 2.49. The number of primary amides is 1. The number of carbonyl (C=O) groups excluding carboxylic acids is 2. The van der Waals surface area contributed by atoms with E-state index >= 15 is 0 Å². The Morgan fingerprint density at radius 2 is 1.94 bits per heavy atom. The summed E-state index contributed by atoms with van der Waals surface area (Å²) >= 11 is 0. The maximum Gasteiger partial charge on any atom is 0.254 e. The number of hydrogen-bond donors (Lipinski definition) is 1. The van der Waals surface area contributed by atoms with Gasteiger partial charge in [-0.3, -0.25) is 9.59 Å². The van der Waals surface area contributed by atoms with E-state index in [2.05, 4.69) is 0 Å². The van der Waals surface area contributed by atoms with Gasteiger partial charge < -0.3 is 10.6 Å². The van der Waals surface area contributed by atoms with Crippen LogP contribution in [0.15, 0.2) is 24.3 Å². The van der Waals surface area contributed by atoms with Crippen molar-refractivity contribution in [2.24, 2.45) is 17.6 Å². The first-order valence-corrected chi connectivity index (χ1v) is 6.15. The zero-order chi connectivity index (χ0) is 13.3. The van der Waals surface area contributed by atoms with Crippen molar-refractivity contribution >= 4 is 11.8 Å². The molecule has 18 heavy (non-hydrogen) atoms. The summed E-state index contributed by atoms with van der Waals surface area (Å²) in [5, 5.41) is 0. The number of likely N-dealkylation sites (tertiary alicyclic amines) is 1. The van der Waals surface area contributed by atoms with Crippen LogP contribution >= 0.6 is 0 Å². The highest BCUT2D eigenvalue weighted by Crippen LogP contribution is 2.24. The summed E-state index contributed by atoms with van der Waals surface area (Å²) in [6.07, 6.45) is 0. The largest absolute Gasteiger partial charge is 0.369 e. The van der Waals surface area contributed by atoms with Crippen LogP contribution in [0.4, 0.5) is 0 Å². The third kappa shape index (κ3) is 2.23. The molecule has 0 saturated carbocycles. The summed E-state index contributed by atoms with van der Waals surface area (Å²) in [4.78, 5) is 25.3. The van der Waals surface area contributed by atoms with Crippen molar-refractivity contribution in [2.45, 2.75) is 13.8 Å². The van der Waals surface area contributed by atoms with Gasteiger partial charge in [0.2, 0.25) is 5.91 Å². The SMILES string of the molecule is Cc1ccccc1C(=O)N1C[C@@H](C)[C@H](C(N)=O)C1. The van der Waals surface area contributed by atoms with Crippen molar-refractivity contribution in [3.63, 3.8) is 0 Å². The highest BCUT2D eigenvalue weighted by molar-refractivity contribution is 5.96. The fourth-order valence-corrected chi connectivity index (χ4v) is 2.49. The molecule has 0 aliphatic carbocycles. The Kier molecular flexibility index (Phi) is 3.36. The Morgan fingerprint density at radius 1 is 1.28 bits per heavy atom. The predicted molar refractivity (Wildman–Crippen MR) is 68.9 cm³/mol. The number of carbonyl (C=O) groups is 2. The molecule has 0 unspecified atom stereocenters. The Labute approximate surface area is 107 Å². The minimum Gasteiger partial charge on any atom is -0.369 e. The molecule has 0 bridgehead atoms. The van der Waals surface area contributed by atoms with Crippen molar-refractivity contribution < 1.29 is 9.59 Å². The molecule has 2 rings (SSSR count). The lowest BCUT2D eigenvalue weighted by molar-refractivity contribution is -0.122. The van der Waals surface area contributed by atoms with Gasteiger partial charge in [0.15, 0.2) is 0 Å². The van der Waals surface area contributed by atoms with Crippen molar-refractivity contribution in [3.05, 3.63) is 35.4 Å². The number of aryl methyl sites for hydroxylation is 1. The zero-order valence-corrected chi connectivity index (χ0v) is 10.7. The zero-order valence-electron chi connectivity index (χ0n) is 10.7. The van der Waals surface area contributed by atoms with Crippen LogP contribution < -0.4 is 5.73 Å². The first kappa shape index (κ1) is 12.6. The second kappa shape index (κ2) is 4.80. The van der Waals surface area contributed by atoms with E-state index in [0.717, 1.165) is 5.56 Å². The molecule has 0 spiro atoms. The van der Waals surface area contributed by atoms with Crippen LogP contribution in [0, 0.1) is 18.8 Å². The van der Waals surface area contributed by atoms with E-state index in [-0.39, 0.29) is 23.7 Å². The number of nitrogens with zero attached hydrogens (tertiary/aromatic N) is 1. The van der Waals surface area contributed by atoms with Crippen molar-refractivity contribution in [1.82, 2.24) is 4.90 Å². The molecule has 96 valence electrons. The molecule has 1 aliphatic rings. The van der Waals surface area contributed by atoms with Gasteiger partial charge in [0.1, 0.15) is 0 Å². The molecule has 4 heteroatoms. The monoisotopic (exact) mass is 246 g/mol. The van der Waals surface area contributed by atoms with Gasteiger partial charge in [-0.05, 0) is 24.5 Å². The van der Waals surface area contributed by atoms with Gasteiger partial charge in [0.25, 0.3) is 5.91 Å². The van der Waals surface area contributed by atoms with E-state index in [1.807, 2.05) is 38.1 Å². The quantitative estimate of drug-likeness (QED) is 0.852. The molecule has 1 heterocycles. The lowest BCUT2D eigenvalue weighted by atomic mass is 9.98. The number of benzene rings is 1. The molecule has 4 nitrogen and oxygen atoms in total. The molecule has 2 amide bonds. The summed E-state index contributed by atoms with van der Waals surface area (Å²) < 4.78 is 0. The highest BCUT2D eigenvalue weighted by atomic mass is 16.2. The van der Waals surface area contributed by atoms with Crippen LogP contribution in [0.2, 0.25) is 0 Å². The Hall–Kier alpha value is -1.84. The first-order chi connectivity index (χ1) is 8.50. The smallest absolute Gasteiger partial charge is 0.254 e. The minimum absolute atomic E-state index is 0.0105. The average molecular weight is 246 g/mol. The van der Waals surface area contributed by atoms with E-state index in [0.29, 0.717) is 18.7 Å². The average Bonchev–Trinajstić information content (AvgIpc) is 2.71. The van der Waals surface area contributed by atoms with E-state index in [1.165, 1.54) is 0 Å². The molecule has 1 aromatic rings. The summed E-state index contributed by atoms with van der Waals surface area (Å²) in [7, 11) is 0. The van der Waals surface area contributed by atoms with Gasteiger partial charge in [-0.25, -0.2) is 0 Å². The standard InChI is InChI=1S/C14H18N2O2/c1-9-5-3-4-6-11(9)14(18)16-7-10(2)12(8-16)13(15)17/h3-6,10,12H,7-8H2,1-2H3,(H2,15,17)/t10-,12-/m1/s1. The molecule has 2 N–H and O–H groups in total. The van der Waals surface area contributed by atoms with Crippen molar-refractivity contribution in [1.29, 1.82) is 0 Å². The number of amides is 2. The van der Waals surface area contributed by atoms with Crippen LogP contribution in [0.25, 0.3) is 0 Å². The second-order valence-electron chi connectivity index (χ2n) is 5.01. The molecular weight excluding hydrogens is 228 g/mol. The summed E-state index contributed by atoms with van der Waals surface area (Å²) in [6, 6.07) is 7.49. The van der Waals surface area contributed by atoms with Gasteiger partial charge in [-0.15, -0.1) is 0 Å². The van der Waals surface area contributed by atoms with Crippen LogP contribution in [0.5, 0.6) is 0 Å². The van der Waals surface area contributed by atoms with E-state index in [9.17, 15) is 9.59 Å². The number of rotatable bonds is 2.